The minimum Gasteiger partial charge on any atom is -0.462 e. The Morgan fingerprint density at radius 3 is 1.19 bits per heavy atom. The summed E-state index contributed by atoms with van der Waals surface area (Å²) in [6.07, 6.45) is 67.6. The van der Waals surface area contributed by atoms with Gasteiger partial charge in [0.05, 0.1) is 6.61 Å². The predicted molar refractivity (Wildman–Crippen MR) is 270 cm³/mol. The number of unbranched alkanes of at least 4 members (excludes halogenated alkanes) is 25. The van der Waals surface area contributed by atoms with Crippen LogP contribution in [0.25, 0.3) is 0 Å². The number of carbonyl (C=O) groups excluding carboxylic acids is 2. The van der Waals surface area contributed by atoms with Crippen molar-refractivity contribution in [3.8, 4) is 0 Å². The van der Waals surface area contributed by atoms with Gasteiger partial charge in [-0.25, -0.2) is 0 Å². The van der Waals surface area contributed by atoms with Crippen molar-refractivity contribution >= 4 is 11.9 Å². The van der Waals surface area contributed by atoms with Gasteiger partial charge in [0.2, 0.25) is 0 Å². The third-order valence-corrected chi connectivity index (χ3v) is 11.2. The summed E-state index contributed by atoms with van der Waals surface area (Å²) >= 11 is 0. The average Bonchev–Trinajstić information content (AvgIpc) is 3.27. The molecule has 358 valence electrons. The summed E-state index contributed by atoms with van der Waals surface area (Å²) < 4.78 is 17.4. The van der Waals surface area contributed by atoms with Gasteiger partial charge in [0.1, 0.15) is 6.61 Å². The van der Waals surface area contributed by atoms with Crippen molar-refractivity contribution in [3.63, 3.8) is 0 Å². The lowest BCUT2D eigenvalue weighted by atomic mass is 10.1. The van der Waals surface area contributed by atoms with Gasteiger partial charge in [-0.15, -0.1) is 0 Å². The van der Waals surface area contributed by atoms with Crippen molar-refractivity contribution < 1.29 is 23.8 Å². The van der Waals surface area contributed by atoms with Crippen LogP contribution in [0, 0.1) is 0 Å². The maximum atomic E-state index is 12.8. The van der Waals surface area contributed by atoms with Crippen LogP contribution in [0.3, 0.4) is 0 Å². The zero-order valence-corrected chi connectivity index (χ0v) is 41.1. The zero-order chi connectivity index (χ0) is 44.9. The predicted octanol–water partition coefficient (Wildman–Crippen LogP) is 17.9. The van der Waals surface area contributed by atoms with E-state index < -0.39 is 6.10 Å². The molecule has 0 rings (SSSR count). The Bertz CT molecular complexity index is 1110. The largest absolute Gasteiger partial charge is 0.462 e. The standard InChI is InChI=1S/C57H100O5/c1-4-7-10-13-16-19-22-24-26-28-30-32-34-37-40-43-46-49-52-60-53-55(62-57(59)51-48-45-42-39-35-21-18-15-12-9-6-3)54-61-56(58)50-47-44-41-38-36-33-31-29-27-25-23-20-17-14-11-8-5-2/h7,10,16-17,19-20,24-27,30,32,55H,4-6,8-9,11-15,18,21-23,28-29,31,33-54H2,1-3H3/b10-7-,19-16-,20-17-,26-24-,27-25-,32-30-. The van der Waals surface area contributed by atoms with E-state index in [0.717, 1.165) is 83.5 Å². The highest BCUT2D eigenvalue weighted by molar-refractivity contribution is 5.70. The van der Waals surface area contributed by atoms with Gasteiger partial charge in [0.15, 0.2) is 6.10 Å². The number of ether oxygens (including phenoxy) is 3. The van der Waals surface area contributed by atoms with Crippen LogP contribution in [0.2, 0.25) is 0 Å². The first kappa shape index (κ1) is 59.3. The minimum absolute atomic E-state index is 0.0732. The number of hydrogen-bond donors (Lipinski definition) is 0. The van der Waals surface area contributed by atoms with Crippen molar-refractivity contribution in [1.29, 1.82) is 0 Å². The number of esters is 2. The number of carbonyl (C=O) groups is 2. The monoisotopic (exact) mass is 865 g/mol. The molecule has 0 saturated carbocycles. The fraction of sp³-hybridized carbons (Fsp3) is 0.754. The number of hydrogen-bond acceptors (Lipinski definition) is 5. The fourth-order valence-corrected chi connectivity index (χ4v) is 7.30. The first-order valence-electron chi connectivity index (χ1n) is 26.5. The minimum atomic E-state index is -0.549. The molecular weight excluding hydrogens is 765 g/mol. The van der Waals surface area contributed by atoms with Crippen LogP contribution in [0.4, 0.5) is 0 Å². The highest BCUT2D eigenvalue weighted by Gasteiger charge is 2.17. The van der Waals surface area contributed by atoms with Crippen molar-refractivity contribution in [3.05, 3.63) is 72.9 Å². The van der Waals surface area contributed by atoms with Crippen LogP contribution in [-0.4, -0.2) is 37.9 Å². The second kappa shape index (κ2) is 52.7. The Hall–Kier alpha value is -2.66. The van der Waals surface area contributed by atoms with E-state index in [9.17, 15) is 9.59 Å². The molecule has 0 heterocycles. The van der Waals surface area contributed by atoms with Crippen molar-refractivity contribution in [1.82, 2.24) is 0 Å². The fourth-order valence-electron chi connectivity index (χ4n) is 7.30. The molecule has 0 aliphatic rings. The average molecular weight is 865 g/mol. The van der Waals surface area contributed by atoms with E-state index in [2.05, 4.69) is 93.7 Å². The Morgan fingerprint density at radius 1 is 0.371 bits per heavy atom. The van der Waals surface area contributed by atoms with Crippen LogP contribution in [-0.2, 0) is 23.8 Å². The van der Waals surface area contributed by atoms with Gasteiger partial charge in [-0.05, 0) is 89.9 Å². The molecule has 0 N–H and O–H groups in total. The highest BCUT2D eigenvalue weighted by atomic mass is 16.6. The normalized spacial score (nSPS) is 12.8. The Balaban J connectivity index is 4.28. The van der Waals surface area contributed by atoms with Crippen molar-refractivity contribution in [2.45, 2.75) is 258 Å². The third-order valence-electron chi connectivity index (χ3n) is 11.2. The summed E-state index contributed by atoms with van der Waals surface area (Å²) in [6, 6.07) is 0. The van der Waals surface area contributed by atoms with Crippen LogP contribution < -0.4 is 0 Å². The van der Waals surface area contributed by atoms with Crippen LogP contribution >= 0.6 is 0 Å². The van der Waals surface area contributed by atoms with Gasteiger partial charge < -0.3 is 14.2 Å². The van der Waals surface area contributed by atoms with Gasteiger partial charge >= 0.3 is 11.9 Å². The summed E-state index contributed by atoms with van der Waals surface area (Å²) in [5, 5.41) is 0. The Labute approximate surface area is 385 Å². The van der Waals surface area contributed by atoms with Crippen LogP contribution in [0.15, 0.2) is 72.9 Å². The van der Waals surface area contributed by atoms with E-state index in [-0.39, 0.29) is 25.2 Å². The third kappa shape index (κ3) is 50.0. The summed E-state index contributed by atoms with van der Waals surface area (Å²) in [4.78, 5) is 25.4. The molecule has 0 aliphatic carbocycles. The molecule has 0 aromatic carbocycles. The molecule has 0 aromatic rings. The second-order valence-electron chi connectivity index (χ2n) is 17.4. The lowest BCUT2D eigenvalue weighted by molar-refractivity contribution is -0.163. The molecule has 0 amide bonds. The summed E-state index contributed by atoms with van der Waals surface area (Å²) in [6.45, 7) is 7.65. The summed E-state index contributed by atoms with van der Waals surface area (Å²) in [7, 11) is 0. The van der Waals surface area contributed by atoms with E-state index in [0.29, 0.717) is 19.4 Å². The molecule has 0 radical (unpaired) electrons. The molecule has 5 nitrogen and oxygen atoms in total. The lowest BCUT2D eigenvalue weighted by Gasteiger charge is -2.18. The van der Waals surface area contributed by atoms with E-state index in [4.69, 9.17) is 14.2 Å². The van der Waals surface area contributed by atoms with Gasteiger partial charge in [-0.3, -0.25) is 9.59 Å². The molecule has 1 atom stereocenters. The number of rotatable bonds is 48. The maximum absolute atomic E-state index is 12.8. The van der Waals surface area contributed by atoms with Crippen LogP contribution in [0.1, 0.15) is 252 Å². The number of allylic oxidation sites excluding steroid dienone is 12. The summed E-state index contributed by atoms with van der Waals surface area (Å²) in [5.41, 5.74) is 0. The summed E-state index contributed by atoms with van der Waals surface area (Å²) in [5.74, 6) is -0.413. The second-order valence-corrected chi connectivity index (χ2v) is 17.4. The molecule has 0 bridgehead atoms. The molecule has 0 spiro atoms. The van der Waals surface area contributed by atoms with Gasteiger partial charge in [0, 0.05) is 19.4 Å². The molecule has 5 heteroatoms. The zero-order valence-electron chi connectivity index (χ0n) is 41.1. The lowest BCUT2D eigenvalue weighted by Crippen LogP contribution is -2.30. The SMILES string of the molecule is CC/C=C\C/C=C\C/C=C\C/C=C\CCCCCCCOCC(COC(=O)CCCCCCCCC/C=C\C/C=C\CCCCC)OC(=O)CCCCCCCCCCCCC. The van der Waals surface area contributed by atoms with E-state index in [1.807, 2.05) is 0 Å². The molecular formula is C57H100O5. The highest BCUT2D eigenvalue weighted by Crippen LogP contribution is 2.14. The van der Waals surface area contributed by atoms with Gasteiger partial charge in [-0.1, -0.05) is 222 Å². The Morgan fingerprint density at radius 2 is 0.726 bits per heavy atom. The topological polar surface area (TPSA) is 61.8 Å². The quantitative estimate of drug-likeness (QED) is 0.0346. The first-order chi connectivity index (χ1) is 30.6. The molecule has 0 saturated heterocycles. The van der Waals surface area contributed by atoms with Gasteiger partial charge in [-0.2, -0.15) is 0 Å². The maximum Gasteiger partial charge on any atom is 0.306 e. The van der Waals surface area contributed by atoms with E-state index >= 15 is 0 Å². The van der Waals surface area contributed by atoms with Crippen molar-refractivity contribution in [2.75, 3.05) is 19.8 Å². The molecule has 0 aromatic heterocycles. The van der Waals surface area contributed by atoms with E-state index in [1.165, 1.54) is 135 Å². The van der Waals surface area contributed by atoms with Crippen LogP contribution in [0.5, 0.6) is 0 Å². The van der Waals surface area contributed by atoms with Crippen molar-refractivity contribution in [2.24, 2.45) is 0 Å². The smallest absolute Gasteiger partial charge is 0.306 e. The van der Waals surface area contributed by atoms with E-state index in [1.54, 1.807) is 0 Å². The molecule has 62 heavy (non-hydrogen) atoms. The Kier molecular flexibility index (Phi) is 50.4. The molecule has 0 aliphatic heterocycles. The molecule has 0 fully saturated rings. The molecule has 1 unspecified atom stereocenters. The van der Waals surface area contributed by atoms with Gasteiger partial charge in [0.25, 0.3) is 0 Å². The first-order valence-corrected chi connectivity index (χ1v) is 26.5.